The molecule has 2 nitrogen and oxygen atoms in total. The first-order valence-corrected chi connectivity index (χ1v) is 8.00. The molecule has 0 aliphatic heterocycles. The minimum absolute atomic E-state index is 0.291. The van der Waals surface area contributed by atoms with E-state index in [1.165, 1.54) is 16.7 Å². The zero-order chi connectivity index (χ0) is 14.8. The van der Waals surface area contributed by atoms with E-state index in [1.807, 2.05) is 12.1 Å². The number of rotatable bonds is 3. The van der Waals surface area contributed by atoms with Crippen molar-refractivity contribution < 1.29 is 0 Å². The Bertz CT molecular complexity index is 611. The number of thiol groups is 1. The lowest BCUT2D eigenvalue weighted by Crippen LogP contribution is -2.37. The van der Waals surface area contributed by atoms with Crippen molar-refractivity contribution in [2.75, 3.05) is 0 Å². The lowest BCUT2D eigenvalue weighted by molar-refractivity contribution is 0.492. The third kappa shape index (κ3) is 3.09. The SMILES string of the molecule is CC(NC1CC=CC2=C1C(N)=CCC2)c1ccc(S)cc1. The van der Waals surface area contributed by atoms with E-state index in [2.05, 4.69) is 55.2 Å². The Morgan fingerprint density at radius 1 is 1.29 bits per heavy atom. The third-order valence-corrected chi connectivity index (χ3v) is 4.62. The Balaban J connectivity index is 1.78. The minimum Gasteiger partial charge on any atom is -0.399 e. The third-order valence-electron chi connectivity index (χ3n) is 4.32. The quantitative estimate of drug-likeness (QED) is 0.741. The summed E-state index contributed by atoms with van der Waals surface area (Å²) in [6.07, 6.45) is 9.83. The van der Waals surface area contributed by atoms with Crippen LogP contribution in [0.15, 0.2) is 64.2 Å². The normalized spacial score (nSPS) is 22.8. The van der Waals surface area contributed by atoms with Crippen molar-refractivity contribution >= 4 is 12.6 Å². The Morgan fingerprint density at radius 3 is 2.81 bits per heavy atom. The summed E-state index contributed by atoms with van der Waals surface area (Å²) in [5.41, 5.74) is 11.2. The summed E-state index contributed by atoms with van der Waals surface area (Å²) in [6, 6.07) is 8.95. The summed E-state index contributed by atoms with van der Waals surface area (Å²) >= 11 is 4.34. The molecular weight excluding hydrogens is 276 g/mol. The molecule has 3 rings (SSSR count). The van der Waals surface area contributed by atoms with Crippen molar-refractivity contribution in [2.45, 2.75) is 43.2 Å². The lowest BCUT2D eigenvalue weighted by atomic mass is 9.84. The highest BCUT2D eigenvalue weighted by atomic mass is 32.1. The summed E-state index contributed by atoms with van der Waals surface area (Å²) in [6.45, 7) is 2.20. The molecule has 2 atom stereocenters. The maximum Gasteiger partial charge on any atom is 0.0383 e. The van der Waals surface area contributed by atoms with Gasteiger partial charge in [-0.1, -0.05) is 30.4 Å². The average Bonchev–Trinajstić information content (AvgIpc) is 2.48. The number of nitrogens with two attached hydrogens (primary N) is 1. The average molecular weight is 298 g/mol. The molecule has 1 aromatic rings. The molecule has 0 bridgehead atoms. The summed E-state index contributed by atoms with van der Waals surface area (Å²) < 4.78 is 0. The summed E-state index contributed by atoms with van der Waals surface area (Å²) in [5.74, 6) is 0. The predicted molar refractivity (Wildman–Crippen MR) is 91.3 cm³/mol. The van der Waals surface area contributed by atoms with Crippen LogP contribution >= 0.6 is 12.6 Å². The molecule has 0 radical (unpaired) electrons. The summed E-state index contributed by atoms with van der Waals surface area (Å²) in [7, 11) is 0. The zero-order valence-corrected chi connectivity index (χ0v) is 13.2. The molecule has 0 heterocycles. The first-order chi connectivity index (χ1) is 10.1. The van der Waals surface area contributed by atoms with Crippen molar-refractivity contribution in [1.29, 1.82) is 0 Å². The smallest absolute Gasteiger partial charge is 0.0383 e. The second kappa shape index (κ2) is 6.12. The van der Waals surface area contributed by atoms with Crippen LogP contribution in [0, 0.1) is 0 Å². The van der Waals surface area contributed by atoms with E-state index in [-0.39, 0.29) is 0 Å². The van der Waals surface area contributed by atoms with E-state index in [9.17, 15) is 0 Å². The fourth-order valence-corrected chi connectivity index (χ4v) is 3.34. The Hall–Kier alpha value is -1.45. The van der Waals surface area contributed by atoms with E-state index in [4.69, 9.17) is 5.73 Å². The van der Waals surface area contributed by atoms with Crippen LogP contribution in [0.4, 0.5) is 0 Å². The maximum absolute atomic E-state index is 6.23. The van der Waals surface area contributed by atoms with Gasteiger partial charge in [0.1, 0.15) is 0 Å². The van der Waals surface area contributed by atoms with Gasteiger partial charge in [0.15, 0.2) is 0 Å². The molecule has 1 aromatic carbocycles. The van der Waals surface area contributed by atoms with E-state index < -0.39 is 0 Å². The van der Waals surface area contributed by atoms with E-state index in [0.717, 1.165) is 29.9 Å². The van der Waals surface area contributed by atoms with Gasteiger partial charge in [-0.05, 0) is 55.0 Å². The van der Waals surface area contributed by atoms with Gasteiger partial charge in [-0.2, -0.15) is 0 Å². The van der Waals surface area contributed by atoms with Crippen LogP contribution in [0.2, 0.25) is 0 Å². The van der Waals surface area contributed by atoms with E-state index >= 15 is 0 Å². The maximum atomic E-state index is 6.23. The van der Waals surface area contributed by atoms with E-state index in [0.29, 0.717) is 12.1 Å². The number of hydrogen-bond acceptors (Lipinski definition) is 3. The lowest BCUT2D eigenvalue weighted by Gasteiger charge is -2.31. The van der Waals surface area contributed by atoms with Crippen LogP contribution < -0.4 is 11.1 Å². The van der Waals surface area contributed by atoms with Crippen LogP contribution in [0.1, 0.15) is 37.8 Å². The highest BCUT2D eigenvalue weighted by Crippen LogP contribution is 2.32. The van der Waals surface area contributed by atoms with Crippen LogP contribution in [0.5, 0.6) is 0 Å². The second-order valence-corrected chi connectivity index (χ2v) is 6.32. The van der Waals surface area contributed by atoms with Crippen molar-refractivity contribution in [3.8, 4) is 0 Å². The zero-order valence-electron chi connectivity index (χ0n) is 12.3. The molecule has 0 saturated heterocycles. The van der Waals surface area contributed by atoms with Crippen LogP contribution in [0.3, 0.4) is 0 Å². The Labute approximate surface area is 132 Å². The first kappa shape index (κ1) is 14.5. The van der Waals surface area contributed by atoms with Crippen molar-refractivity contribution in [3.63, 3.8) is 0 Å². The van der Waals surface area contributed by atoms with Gasteiger partial charge in [-0.15, -0.1) is 12.6 Å². The fourth-order valence-electron chi connectivity index (χ4n) is 3.19. The van der Waals surface area contributed by atoms with Crippen LogP contribution in [0.25, 0.3) is 0 Å². The summed E-state index contributed by atoms with van der Waals surface area (Å²) in [5, 5.41) is 3.73. The molecule has 0 saturated carbocycles. The predicted octanol–water partition coefficient (Wildman–Crippen LogP) is 3.89. The fraction of sp³-hybridized carbons (Fsp3) is 0.333. The van der Waals surface area contributed by atoms with Gasteiger partial charge in [0.05, 0.1) is 0 Å². The van der Waals surface area contributed by atoms with Gasteiger partial charge in [-0.3, -0.25) is 0 Å². The van der Waals surface area contributed by atoms with Crippen molar-refractivity contribution in [2.24, 2.45) is 5.73 Å². The highest BCUT2D eigenvalue weighted by Gasteiger charge is 2.25. The molecular formula is C18H22N2S. The molecule has 2 aliphatic carbocycles. The molecule has 2 aliphatic rings. The highest BCUT2D eigenvalue weighted by molar-refractivity contribution is 7.80. The molecule has 21 heavy (non-hydrogen) atoms. The van der Waals surface area contributed by atoms with Gasteiger partial charge >= 0.3 is 0 Å². The Morgan fingerprint density at radius 2 is 2.05 bits per heavy atom. The number of hydrogen-bond donors (Lipinski definition) is 3. The Kier molecular flexibility index (Phi) is 4.22. The van der Waals surface area contributed by atoms with E-state index in [1.54, 1.807) is 0 Å². The molecule has 3 heteroatoms. The monoisotopic (exact) mass is 298 g/mol. The van der Waals surface area contributed by atoms with Gasteiger partial charge < -0.3 is 11.1 Å². The molecule has 110 valence electrons. The molecule has 0 amide bonds. The molecule has 2 unspecified atom stereocenters. The minimum atomic E-state index is 0.291. The van der Waals surface area contributed by atoms with Crippen molar-refractivity contribution in [3.05, 3.63) is 64.9 Å². The standard InChI is InChI=1S/C18H22N2S/c1-12(13-8-10-15(21)11-9-13)20-17-7-3-5-14-4-2-6-16(19)18(14)17/h3,5-6,8-12,17,20-21H,2,4,7,19H2,1H3. The van der Waals surface area contributed by atoms with Crippen LogP contribution in [-0.4, -0.2) is 6.04 Å². The molecule has 0 spiro atoms. The largest absolute Gasteiger partial charge is 0.399 e. The molecule has 3 N–H and O–H groups in total. The van der Waals surface area contributed by atoms with Gasteiger partial charge in [-0.25, -0.2) is 0 Å². The van der Waals surface area contributed by atoms with Gasteiger partial charge in [0.25, 0.3) is 0 Å². The number of allylic oxidation sites excluding steroid dienone is 3. The topological polar surface area (TPSA) is 38.0 Å². The summed E-state index contributed by atoms with van der Waals surface area (Å²) in [4.78, 5) is 0.996. The number of nitrogens with one attached hydrogen (secondary N) is 1. The molecule has 0 aromatic heterocycles. The second-order valence-electron chi connectivity index (χ2n) is 5.81. The van der Waals surface area contributed by atoms with Crippen LogP contribution in [-0.2, 0) is 0 Å². The molecule has 0 fully saturated rings. The van der Waals surface area contributed by atoms with Gasteiger partial charge in [0, 0.05) is 22.7 Å². The van der Waals surface area contributed by atoms with Gasteiger partial charge in [0.2, 0.25) is 0 Å². The van der Waals surface area contributed by atoms with Crippen molar-refractivity contribution in [1.82, 2.24) is 5.32 Å². The first-order valence-electron chi connectivity index (χ1n) is 7.55. The number of benzene rings is 1.